The number of nitrogens with one attached hydrogen (secondary N) is 1. The fourth-order valence-corrected chi connectivity index (χ4v) is 1.04. The number of carbonyl (C=O) groups excluding carboxylic acids is 1. The molecule has 0 saturated carbocycles. The van der Waals surface area contributed by atoms with Gasteiger partial charge in [0.2, 0.25) is 0 Å². The quantitative estimate of drug-likeness (QED) is 0.767. The van der Waals surface area contributed by atoms with Crippen LogP contribution in [0.4, 0.5) is 27.6 Å². The highest BCUT2D eigenvalue weighted by Crippen LogP contribution is 2.24. The molecule has 1 aromatic carbocycles. The summed E-state index contributed by atoms with van der Waals surface area (Å²) < 4.78 is 61.2. The molecule has 0 fully saturated rings. The zero-order valence-corrected chi connectivity index (χ0v) is 9.95. The van der Waals surface area contributed by atoms with Crippen LogP contribution in [0, 0.1) is 18.6 Å². The van der Waals surface area contributed by atoms with Gasteiger partial charge in [-0.1, -0.05) is 13.8 Å². The Balaban J connectivity index is 0. The fourth-order valence-electron chi connectivity index (χ4n) is 1.04. The van der Waals surface area contributed by atoms with E-state index in [9.17, 15) is 26.7 Å². The predicted octanol–water partition coefficient (Wildman–Crippen LogP) is 4.05. The standard InChI is InChI=1S/C9H6F5NO.C2H6.H2/c1-4-2-5(10)3-6(11)7(4)15-8(16)9(12,13)14;1-2;/h2-3H,1H3,(H,15,16);1-2H3;1H. The van der Waals surface area contributed by atoms with E-state index in [4.69, 9.17) is 0 Å². The number of rotatable bonds is 1. The molecule has 1 amide bonds. The molecule has 18 heavy (non-hydrogen) atoms. The van der Waals surface area contributed by atoms with Gasteiger partial charge in [-0.3, -0.25) is 4.79 Å². The Bertz CT molecular complexity index is 411. The van der Waals surface area contributed by atoms with Gasteiger partial charge in [-0.15, -0.1) is 0 Å². The van der Waals surface area contributed by atoms with Crippen molar-refractivity contribution in [2.75, 3.05) is 5.32 Å². The number of aryl methyl sites for hydroxylation is 1. The molecule has 1 N–H and O–H groups in total. The Kier molecular flexibility index (Phi) is 5.74. The lowest BCUT2D eigenvalue weighted by Crippen LogP contribution is -2.30. The van der Waals surface area contributed by atoms with Crippen LogP contribution in [0.2, 0.25) is 0 Å². The van der Waals surface area contributed by atoms with Crippen LogP contribution in [0.1, 0.15) is 20.8 Å². The van der Waals surface area contributed by atoms with Gasteiger partial charge in [0, 0.05) is 7.49 Å². The third-order valence-electron chi connectivity index (χ3n) is 1.75. The summed E-state index contributed by atoms with van der Waals surface area (Å²) in [6, 6.07) is 1.20. The third-order valence-corrected chi connectivity index (χ3v) is 1.75. The molecule has 0 heterocycles. The second kappa shape index (κ2) is 6.32. The molecular weight excluding hydrogens is 257 g/mol. The average molecular weight is 271 g/mol. The fraction of sp³-hybridized carbons (Fsp3) is 0.364. The number of anilines is 1. The van der Waals surface area contributed by atoms with Crippen LogP contribution in [0.3, 0.4) is 0 Å². The molecule has 1 rings (SSSR count). The molecule has 0 aliphatic carbocycles. The molecule has 0 aliphatic heterocycles. The van der Waals surface area contributed by atoms with Crippen molar-refractivity contribution >= 4 is 11.6 Å². The first kappa shape index (κ1) is 16.3. The van der Waals surface area contributed by atoms with Crippen LogP contribution < -0.4 is 5.32 Å². The molecule has 0 saturated heterocycles. The minimum Gasteiger partial charge on any atom is -0.315 e. The first-order chi connectivity index (χ1) is 8.21. The van der Waals surface area contributed by atoms with Crippen molar-refractivity contribution in [1.82, 2.24) is 0 Å². The van der Waals surface area contributed by atoms with Crippen LogP contribution in [0.25, 0.3) is 0 Å². The lowest BCUT2D eigenvalue weighted by atomic mass is 10.2. The van der Waals surface area contributed by atoms with E-state index < -0.39 is 29.4 Å². The summed E-state index contributed by atoms with van der Waals surface area (Å²) in [5, 5.41) is 1.34. The van der Waals surface area contributed by atoms with Gasteiger partial charge in [-0.25, -0.2) is 8.78 Å². The Labute approximate surface area is 102 Å². The number of hydrogen-bond donors (Lipinski definition) is 1. The van der Waals surface area contributed by atoms with Crippen molar-refractivity contribution in [2.24, 2.45) is 0 Å². The molecule has 2 nitrogen and oxygen atoms in total. The third kappa shape index (κ3) is 4.31. The highest BCUT2D eigenvalue weighted by Gasteiger charge is 2.39. The SMILES string of the molecule is CC.Cc1cc(F)cc(F)c1NC(=O)C(F)(F)F.[HH]. The number of alkyl halides is 3. The van der Waals surface area contributed by atoms with Crippen molar-refractivity contribution in [1.29, 1.82) is 0 Å². The molecule has 0 spiro atoms. The van der Waals surface area contributed by atoms with Crippen molar-refractivity contribution in [3.8, 4) is 0 Å². The van der Waals surface area contributed by atoms with Gasteiger partial charge in [0.15, 0.2) is 0 Å². The molecule has 104 valence electrons. The van der Waals surface area contributed by atoms with Crippen molar-refractivity contribution in [3.63, 3.8) is 0 Å². The molecule has 0 atom stereocenters. The molecule has 1 aromatic rings. The van der Waals surface area contributed by atoms with Crippen LogP contribution in [0.5, 0.6) is 0 Å². The van der Waals surface area contributed by atoms with Gasteiger partial charge in [0.05, 0.1) is 5.69 Å². The summed E-state index contributed by atoms with van der Waals surface area (Å²) in [6.45, 7) is 5.18. The number of amides is 1. The molecule has 0 aromatic heterocycles. The average Bonchev–Trinajstić information content (AvgIpc) is 2.24. The highest BCUT2D eigenvalue weighted by atomic mass is 19.4. The monoisotopic (exact) mass is 271 g/mol. The van der Waals surface area contributed by atoms with E-state index in [1.807, 2.05) is 13.8 Å². The first-order valence-corrected chi connectivity index (χ1v) is 5.05. The lowest BCUT2D eigenvalue weighted by Gasteiger charge is -2.11. The summed E-state index contributed by atoms with van der Waals surface area (Å²) in [6.07, 6.45) is -5.12. The minimum atomic E-state index is -5.12. The second-order valence-corrected chi connectivity index (χ2v) is 3.03. The summed E-state index contributed by atoms with van der Waals surface area (Å²) in [5.74, 6) is -4.49. The topological polar surface area (TPSA) is 29.1 Å². The van der Waals surface area contributed by atoms with Gasteiger partial charge in [0.1, 0.15) is 11.6 Å². The van der Waals surface area contributed by atoms with E-state index in [-0.39, 0.29) is 6.99 Å². The maximum absolute atomic E-state index is 13.0. The Morgan fingerprint density at radius 1 is 1.22 bits per heavy atom. The zero-order valence-electron chi connectivity index (χ0n) is 9.95. The molecular formula is C11H14F5NO. The maximum atomic E-state index is 13.0. The Morgan fingerprint density at radius 3 is 2.11 bits per heavy atom. The van der Waals surface area contributed by atoms with Gasteiger partial charge < -0.3 is 5.32 Å². The smallest absolute Gasteiger partial charge is 0.315 e. The normalized spacial score (nSPS) is 10.4. The van der Waals surface area contributed by atoms with E-state index in [1.165, 1.54) is 12.2 Å². The molecule has 0 aliphatic rings. The Morgan fingerprint density at radius 2 is 1.72 bits per heavy atom. The van der Waals surface area contributed by atoms with Crippen LogP contribution >= 0.6 is 0 Å². The number of benzene rings is 1. The molecule has 0 radical (unpaired) electrons. The van der Waals surface area contributed by atoms with Crippen molar-refractivity contribution < 1.29 is 28.2 Å². The largest absolute Gasteiger partial charge is 0.471 e. The molecule has 7 heteroatoms. The van der Waals surface area contributed by atoms with Gasteiger partial charge >= 0.3 is 12.1 Å². The molecule has 0 bridgehead atoms. The van der Waals surface area contributed by atoms with E-state index >= 15 is 0 Å². The van der Waals surface area contributed by atoms with Crippen molar-refractivity contribution in [2.45, 2.75) is 26.9 Å². The maximum Gasteiger partial charge on any atom is 0.471 e. The summed E-state index contributed by atoms with van der Waals surface area (Å²) in [5.41, 5.74) is -0.807. The first-order valence-electron chi connectivity index (χ1n) is 5.05. The van der Waals surface area contributed by atoms with Crippen LogP contribution in [0.15, 0.2) is 12.1 Å². The van der Waals surface area contributed by atoms with Gasteiger partial charge in [0.25, 0.3) is 0 Å². The lowest BCUT2D eigenvalue weighted by molar-refractivity contribution is -0.167. The number of hydrogen-bond acceptors (Lipinski definition) is 1. The number of halogens is 5. The second-order valence-electron chi connectivity index (χ2n) is 3.03. The summed E-state index contributed by atoms with van der Waals surface area (Å²) in [4.78, 5) is 10.5. The van der Waals surface area contributed by atoms with E-state index in [2.05, 4.69) is 0 Å². The minimum absolute atomic E-state index is 0. The van der Waals surface area contributed by atoms with Crippen LogP contribution in [-0.2, 0) is 4.79 Å². The van der Waals surface area contributed by atoms with Gasteiger partial charge in [-0.2, -0.15) is 13.2 Å². The van der Waals surface area contributed by atoms with E-state index in [0.717, 1.165) is 6.07 Å². The predicted molar refractivity (Wildman–Crippen MR) is 59.2 cm³/mol. The Hall–Kier alpha value is -1.66. The van der Waals surface area contributed by atoms with E-state index in [1.54, 1.807) is 0 Å². The zero-order chi connectivity index (χ0) is 14.5. The van der Waals surface area contributed by atoms with Crippen LogP contribution in [-0.4, -0.2) is 12.1 Å². The van der Waals surface area contributed by atoms with Gasteiger partial charge in [-0.05, 0) is 18.6 Å². The number of carbonyl (C=O) groups is 1. The molecule has 0 unspecified atom stereocenters. The summed E-state index contributed by atoms with van der Waals surface area (Å²) >= 11 is 0. The van der Waals surface area contributed by atoms with Crippen molar-refractivity contribution in [3.05, 3.63) is 29.3 Å². The van der Waals surface area contributed by atoms with E-state index in [0.29, 0.717) is 6.07 Å². The summed E-state index contributed by atoms with van der Waals surface area (Å²) in [7, 11) is 0. The highest BCUT2D eigenvalue weighted by molar-refractivity contribution is 5.95.